The molecule has 0 radical (unpaired) electrons. The van der Waals surface area contributed by atoms with Crippen molar-refractivity contribution in [1.82, 2.24) is 24.6 Å². The fourth-order valence-electron chi connectivity index (χ4n) is 4.44. The van der Waals surface area contributed by atoms with E-state index in [0.29, 0.717) is 26.2 Å². The number of ether oxygens (including phenoxy) is 1. The van der Waals surface area contributed by atoms with Gasteiger partial charge in [0.2, 0.25) is 0 Å². The predicted molar refractivity (Wildman–Crippen MR) is 137 cm³/mol. The summed E-state index contributed by atoms with van der Waals surface area (Å²) in [5.41, 5.74) is 4.83. The van der Waals surface area contributed by atoms with Crippen LogP contribution in [-0.4, -0.2) is 45.5 Å². The Morgan fingerprint density at radius 3 is 2.49 bits per heavy atom. The van der Waals surface area contributed by atoms with Gasteiger partial charge in [0.15, 0.2) is 0 Å². The zero-order chi connectivity index (χ0) is 23.9. The monoisotopic (exact) mass is 469 g/mol. The van der Waals surface area contributed by atoms with Gasteiger partial charge in [-0.2, -0.15) is 5.10 Å². The summed E-state index contributed by atoms with van der Waals surface area (Å²) in [6.07, 6.45) is 2.69. The molecule has 1 aliphatic heterocycles. The lowest BCUT2D eigenvalue weighted by atomic mass is 9.99. The van der Waals surface area contributed by atoms with Gasteiger partial charge in [0.05, 0.1) is 12.2 Å². The SMILES string of the molecule is O=c1n(-c2ccc(CN3CCc4ccccc4C3)cc2)cnn1CCNCCOc1ccccc1. The van der Waals surface area contributed by atoms with Crippen molar-refractivity contribution in [3.05, 3.63) is 112 Å². The molecule has 2 heterocycles. The minimum atomic E-state index is -0.132. The minimum absolute atomic E-state index is 0.132. The summed E-state index contributed by atoms with van der Waals surface area (Å²) in [5, 5.41) is 7.58. The molecule has 0 amide bonds. The Bertz CT molecular complexity index is 1280. The second-order valence-electron chi connectivity index (χ2n) is 8.81. The van der Waals surface area contributed by atoms with Gasteiger partial charge in [-0.25, -0.2) is 14.0 Å². The van der Waals surface area contributed by atoms with Gasteiger partial charge in [-0.15, -0.1) is 0 Å². The Kier molecular flexibility index (Phi) is 7.36. The second-order valence-corrected chi connectivity index (χ2v) is 8.81. The van der Waals surface area contributed by atoms with Crippen LogP contribution in [0.1, 0.15) is 16.7 Å². The summed E-state index contributed by atoms with van der Waals surface area (Å²) in [7, 11) is 0. The smallest absolute Gasteiger partial charge is 0.350 e. The van der Waals surface area contributed by atoms with E-state index in [0.717, 1.165) is 37.5 Å². The topological polar surface area (TPSA) is 64.3 Å². The summed E-state index contributed by atoms with van der Waals surface area (Å²) in [5.74, 6) is 0.858. The van der Waals surface area contributed by atoms with Crippen molar-refractivity contribution in [2.75, 3.05) is 26.2 Å². The number of fused-ring (bicyclic) bond motifs is 1. The van der Waals surface area contributed by atoms with E-state index in [1.165, 1.54) is 21.4 Å². The Balaban J connectivity index is 1.10. The lowest BCUT2D eigenvalue weighted by Crippen LogP contribution is -2.30. The summed E-state index contributed by atoms with van der Waals surface area (Å²) < 4.78 is 8.75. The van der Waals surface area contributed by atoms with Crippen molar-refractivity contribution >= 4 is 0 Å². The van der Waals surface area contributed by atoms with Crippen LogP contribution >= 0.6 is 0 Å². The summed E-state index contributed by atoms with van der Waals surface area (Å²) in [6, 6.07) is 26.6. The molecule has 5 rings (SSSR count). The second kappa shape index (κ2) is 11.2. The molecule has 1 N–H and O–H groups in total. The molecule has 4 aromatic rings. The maximum Gasteiger partial charge on any atom is 0.350 e. The molecular weight excluding hydrogens is 438 g/mol. The first-order valence-corrected chi connectivity index (χ1v) is 12.2. The first-order valence-electron chi connectivity index (χ1n) is 12.2. The maximum absolute atomic E-state index is 12.8. The number of benzene rings is 3. The molecule has 180 valence electrons. The third-order valence-corrected chi connectivity index (χ3v) is 6.35. The van der Waals surface area contributed by atoms with Crippen LogP contribution < -0.4 is 15.7 Å². The van der Waals surface area contributed by atoms with Crippen LogP contribution in [-0.2, 0) is 26.1 Å². The summed E-state index contributed by atoms with van der Waals surface area (Å²) in [4.78, 5) is 15.3. The van der Waals surface area contributed by atoms with E-state index in [4.69, 9.17) is 4.74 Å². The average molecular weight is 470 g/mol. The standard InChI is InChI=1S/C28H31N5O2/c34-28-32(22-30-33(28)18-15-29-16-19-35-27-8-2-1-3-9-27)26-12-10-23(11-13-26)20-31-17-14-24-6-4-5-7-25(24)21-31/h1-13,22,29H,14-21H2. The van der Waals surface area contributed by atoms with Crippen LogP contribution in [0.4, 0.5) is 0 Å². The van der Waals surface area contributed by atoms with Crippen molar-refractivity contribution in [1.29, 1.82) is 0 Å². The first kappa shape index (κ1) is 23.1. The number of nitrogens with one attached hydrogen (secondary N) is 1. The largest absolute Gasteiger partial charge is 0.492 e. The van der Waals surface area contributed by atoms with Crippen LogP contribution in [0.25, 0.3) is 5.69 Å². The Hall–Kier alpha value is -3.68. The third kappa shape index (κ3) is 5.88. The number of hydrogen-bond acceptors (Lipinski definition) is 5. The first-order chi connectivity index (χ1) is 17.3. The molecule has 35 heavy (non-hydrogen) atoms. The Labute approximate surface area is 205 Å². The molecular formula is C28H31N5O2. The van der Waals surface area contributed by atoms with E-state index >= 15 is 0 Å². The molecule has 0 saturated carbocycles. The van der Waals surface area contributed by atoms with Gasteiger partial charge < -0.3 is 10.1 Å². The minimum Gasteiger partial charge on any atom is -0.492 e. The van der Waals surface area contributed by atoms with Crippen molar-refractivity contribution in [3.63, 3.8) is 0 Å². The average Bonchev–Trinajstić information content (AvgIpc) is 3.27. The van der Waals surface area contributed by atoms with Crippen LogP contribution in [0.15, 0.2) is 90.0 Å². The molecule has 1 aromatic heterocycles. The quantitative estimate of drug-likeness (QED) is 0.361. The lowest BCUT2D eigenvalue weighted by molar-refractivity contribution is 0.245. The molecule has 0 fully saturated rings. The molecule has 0 spiro atoms. The lowest BCUT2D eigenvalue weighted by Gasteiger charge is -2.28. The molecule has 7 heteroatoms. The Morgan fingerprint density at radius 2 is 1.66 bits per heavy atom. The number of para-hydroxylation sites is 1. The fraction of sp³-hybridized carbons (Fsp3) is 0.286. The Morgan fingerprint density at radius 1 is 0.886 bits per heavy atom. The highest BCUT2D eigenvalue weighted by Gasteiger charge is 2.16. The van der Waals surface area contributed by atoms with Gasteiger partial charge in [-0.3, -0.25) is 4.90 Å². The van der Waals surface area contributed by atoms with E-state index in [-0.39, 0.29) is 5.69 Å². The van der Waals surface area contributed by atoms with E-state index in [9.17, 15) is 4.79 Å². The van der Waals surface area contributed by atoms with Crippen molar-refractivity contribution in [2.45, 2.75) is 26.1 Å². The van der Waals surface area contributed by atoms with E-state index in [1.807, 2.05) is 42.5 Å². The number of hydrogen-bond donors (Lipinski definition) is 1. The normalized spacial score (nSPS) is 13.5. The third-order valence-electron chi connectivity index (χ3n) is 6.35. The summed E-state index contributed by atoms with van der Waals surface area (Å²) >= 11 is 0. The molecule has 7 nitrogen and oxygen atoms in total. The van der Waals surface area contributed by atoms with E-state index in [1.54, 1.807) is 10.9 Å². The van der Waals surface area contributed by atoms with Gasteiger partial charge in [0.25, 0.3) is 0 Å². The molecule has 0 aliphatic carbocycles. The van der Waals surface area contributed by atoms with Crippen molar-refractivity contribution in [3.8, 4) is 11.4 Å². The van der Waals surface area contributed by atoms with Crippen LogP contribution in [0, 0.1) is 0 Å². The highest BCUT2D eigenvalue weighted by molar-refractivity contribution is 5.35. The van der Waals surface area contributed by atoms with Gasteiger partial charge in [0.1, 0.15) is 18.7 Å². The van der Waals surface area contributed by atoms with Crippen molar-refractivity contribution in [2.24, 2.45) is 0 Å². The fourth-order valence-corrected chi connectivity index (χ4v) is 4.44. The predicted octanol–water partition coefficient (Wildman–Crippen LogP) is 3.26. The highest BCUT2D eigenvalue weighted by Crippen LogP contribution is 2.20. The number of rotatable bonds is 10. The summed E-state index contributed by atoms with van der Waals surface area (Å²) in [6.45, 7) is 5.38. The number of nitrogens with zero attached hydrogens (tertiary/aromatic N) is 4. The van der Waals surface area contributed by atoms with E-state index in [2.05, 4.69) is 51.7 Å². The maximum atomic E-state index is 12.8. The molecule has 1 aliphatic rings. The zero-order valence-electron chi connectivity index (χ0n) is 19.8. The van der Waals surface area contributed by atoms with Gasteiger partial charge in [-0.1, -0.05) is 54.6 Å². The van der Waals surface area contributed by atoms with Crippen LogP contribution in [0.3, 0.4) is 0 Å². The van der Waals surface area contributed by atoms with Gasteiger partial charge in [-0.05, 0) is 47.4 Å². The highest BCUT2D eigenvalue weighted by atomic mass is 16.5. The zero-order valence-corrected chi connectivity index (χ0v) is 19.8. The molecule has 0 unspecified atom stereocenters. The van der Waals surface area contributed by atoms with E-state index < -0.39 is 0 Å². The number of aromatic nitrogens is 3. The van der Waals surface area contributed by atoms with Crippen LogP contribution in [0.2, 0.25) is 0 Å². The molecule has 3 aromatic carbocycles. The molecule has 0 bridgehead atoms. The van der Waals surface area contributed by atoms with Crippen molar-refractivity contribution < 1.29 is 4.74 Å². The molecule has 0 saturated heterocycles. The molecule has 0 atom stereocenters. The van der Waals surface area contributed by atoms with Crippen LogP contribution in [0.5, 0.6) is 5.75 Å². The van der Waals surface area contributed by atoms with Gasteiger partial charge >= 0.3 is 5.69 Å². The van der Waals surface area contributed by atoms with Gasteiger partial charge in [0, 0.05) is 32.7 Å².